The first-order valence-electron chi connectivity index (χ1n) is 4.32. The first kappa shape index (κ1) is 11.5. The van der Waals surface area contributed by atoms with Gasteiger partial charge in [0.25, 0.3) is 0 Å². The van der Waals surface area contributed by atoms with E-state index in [1.807, 2.05) is 24.4 Å². The molecule has 1 nitrogen and oxygen atoms in total. The molecule has 1 aromatic rings. The molecule has 0 aliphatic heterocycles. The van der Waals surface area contributed by atoms with E-state index in [2.05, 4.69) is 5.32 Å². The quantitative estimate of drug-likeness (QED) is 0.825. The van der Waals surface area contributed by atoms with E-state index in [0.29, 0.717) is 0 Å². The zero-order chi connectivity index (χ0) is 10.6. The lowest BCUT2D eigenvalue weighted by Crippen LogP contribution is -2.23. The number of thiophene rings is 1. The Hall–Kier alpha value is -0.550. The minimum Gasteiger partial charge on any atom is -0.309 e. The molecule has 0 saturated carbocycles. The molecule has 0 fully saturated rings. The molecular formula is C9H12F3NS. The normalized spacial score (nSPS) is 14.3. The second-order valence-corrected chi connectivity index (χ2v) is 4.04. The van der Waals surface area contributed by atoms with Crippen LogP contribution in [0.3, 0.4) is 0 Å². The molecule has 0 saturated heterocycles. The first-order valence-corrected chi connectivity index (χ1v) is 5.20. The molecule has 1 heterocycles. The molecule has 1 rings (SSSR count). The van der Waals surface area contributed by atoms with Gasteiger partial charge in [0.05, 0.1) is 6.42 Å². The summed E-state index contributed by atoms with van der Waals surface area (Å²) in [5.41, 5.74) is 0. The lowest BCUT2D eigenvalue weighted by molar-refractivity contribution is -0.133. The predicted molar refractivity (Wildman–Crippen MR) is 51.4 cm³/mol. The molecule has 1 N–H and O–H groups in total. The van der Waals surface area contributed by atoms with Gasteiger partial charge in [0.2, 0.25) is 0 Å². The molecule has 0 radical (unpaired) electrons. The Kier molecular flexibility index (Phi) is 3.95. The van der Waals surface area contributed by atoms with Gasteiger partial charge in [-0.2, -0.15) is 13.2 Å². The third-order valence-corrected chi connectivity index (χ3v) is 2.88. The maximum Gasteiger partial charge on any atom is 0.390 e. The number of nitrogens with one attached hydrogen (secondary N) is 1. The molecule has 0 aromatic carbocycles. The molecule has 0 amide bonds. The Bertz CT molecular complexity index is 256. The summed E-state index contributed by atoms with van der Waals surface area (Å²) in [5.74, 6) is 0. The minimum absolute atomic E-state index is 0.00245. The summed E-state index contributed by atoms with van der Waals surface area (Å²) >= 11 is 1.55. The van der Waals surface area contributed by atoms with Crippen molar-refractivity contribution in [2.24, 2.45) is 0 Å². The lowest BCUT2D eigenvalue weighted by atomic mass is 10.2. The Morgan fingerprint density at radius 2 is 2.21 bits per heavy atom. The molecule has 1 aromatic heterocycles. The average Bonchev–Trinajstić information content (AvgIpc) is 2.53. The molecular weight excluding hydrogens is 211 g/mol. The number of hydrogen-bond donors (Lipinski definition) is 1. The largest absolute Gasteiger partial charge is 0.390 e. The standard InChI is InChI=1S/C9H12F3NS/c1-7(8-3-2-6-14-8)13-5-4-9(10,11)12/h2-3,6-7,13H,4-5H2,1H3/t7-/m1/s1. The highest BCUT2D eigenvalue weighted by molar-refractivity contribution is 7.10. The highest BCUT2D eigenvalue weighted by Crippen LogP contribution is 2.21. The van der Waals surface area contributed by atoms with E-state index in [1.54, 1.807) is 11.3 Å². The summed E-state index contributed by atoms with van der Waals surface area (Å²) in [6.07, 6.45) is -4.84. The van der Waals surface area contributed by atoms with Gasteiger partial charge in [0, 0.05) is 17.5 Å². The van der Waals surface area contributed by atoms with Gasteiger partial charge in [-0.1, -0.05) is 6.07 Å². The third kappa shape index (κ3) is 4.11. The van der Waals surface area contributed by atoms with E-state index in [0.717, 1.165) is 4.88 Å². The van der Waals surface area contributed by atoms with Crippen molar-refractivity contribution in [3.05, 3.63) is 22.4 Å². The Labute approximate surface area is 84.9 Å². The van der Waals surface area contributed by atoms with Gasteiger partial charge >= 0.3 is 6.18 Å². The molecule has 0 aliphatic carbocycles. The second kappa shape index (κ2) is 4.79. The van der Waals surface area contributed by atoms with Crippen LogP contribution in [0.15, 0.2) is 17.5 Å². The van der Waals surface area contributed by atoms with Crippen molar-refractivity contribution in [2.75, 3.05) is 6.54 Å². The van der Waals surface area contributed by atoms with Crippen LogP contribution in [0.25, 0.3) is 0 Å². The summed E-state index contributed by atoms with van der Waals surface area (Å²) < 4.78 is 35.4. The van der Waals surface area contributed by atoms with Crippen LogP contribution in [0.5, 0.6) is 0 Å². The van der Waals surface area contributed by atoms with Gasteiger partial charge in [-0.05, 0) is 18.4 Å². The Morgan fingerprint density at radius 3 is 2.71 bits per heavy atom. The first-order chi connectivity index (χ1) is 6.49. The van der Waals surface area contributed by atoms with Crippen molar-refractivity contribution in [2.45, 2.75) is 25.6 Å². The van der Waals surface area contributed by atoms with E-state index in [9.17, 15) is 13.2 Å². The maximum absolute atomic E-state index is 11.8. The van der Waals surface area contributed by atoms with E-state index in [1.165, 1.54) is 0 Å². The molecule has 0 unspecified atom stereocenters. The molecule has 0 bridgehead atoms. The molecule has 0 aliphatic rings. The summed E-state index contributed by atoms with van der Waals surface area (Å²) in [6, 6.07) is 3.80. The second-order valence-electron chi connectivity index (χ2n) is 3.06. The van der Waals surface area contributed by atoms with E-state index in [-0.39, 0.29) is 12.6 Å². The number of alkyl halides is 3. The number of rotatable bonds is 4. The van der Waals surface area contributed by atoms with E-state index < -0.39 is 12.6 Å². The van der Waals surface area contributed by atoms with Crippen molar-refractivity contribution >= 4 is 11.3 Å². The van der Waals surface area contributed by atoms with Crippen molar-refractivity contribution in [1.82, 2.24) is 5.32 Å². The zero-order valence-corrected chi connectivity index (χ0v) is 8.58. The fourth-order valence-electron chi connectivity index (χ4n) is 1.07. The van der Waals surface area contributed by atoms with Crippen LogP contribution in [-0.2, 0) is 0 Å². The van der Waals surface area contributed by atoms with Crippen LogP contribution in [0, 0.1) is 0 Å². The van der Waals surface area contributed by atoms with Crippen molar-refractivity contribution in [3.8, 4) is 0 Å². The highest BCUT2D eigenvalue weighted by atomic mass is 32.1. The van der Waals surface area contributed by atoms with Crippen molar-refractivity contribution < 1.29 is 13.2 Å². The van der Waals surface area contributed by atoms with E-state index in [4.69, 9.17) is 0 Å². The number of halogens is 3. The van der Waals surface area contributed by atoms with Crippen LogP contribution in [0.1, 0.15) is 24.3 Å². The average molecular weight is 223 g/mol. The smallest absolute Gasteiger partial charge is 0.309 e. The summed E-state index contributed by atoms with van der Waals surface area (Å²) in [7, 11) is 0. The SMILES string of the molecule is C[C@@H](NCCC(F)(F)F)c1cccs1. The maximum atomic E-state index is 11.8. The molecule has 1 atom stereocenters. The van der Waals surface area contributed by atoms with Gasteiger partial charge in [-0.3, -0.25) is 0 Å². The van der Waals surface area contributed by atoms with Gasteiger partial charge in [0.1, 0.15) is 0 Å². The summed E-state index contributed by atoms with van der Waals surface area (Å²) in [6.45, 7) is 1.84. The zero-order valence-electron chi connectivity index (χ0n) is 7.77. The van der Waals surface area contributed by atoms with Crippen LogP contribution in [0.2, 0.25) is 0 Å². The molecule has 5 heteroatoms. The monoisotopic (exact) mass is 223 g/mol. The molecule has 80 valence electrons. The fourth-order valence-corrected chi connectivity index (χ4v) is 1.83. The van der Waals surface area contributed by atoms with Crippen LogP contribution < -0.4 is 5.32 Å². The topological polar surface area (TPSA) is 12.0 Å². The molecule has 14 heavy (non-hydrogen) atoms. The minimum atomic E-state index is -4.07. The summed E-state index contributed by atoms with van der Waals surface area (Å²) in [5, 5.41) is 4.75. The van der Waals surface area contributed by atoms with Gasteiger partial charge in [0.15, 0.2) is 0 Å². The van der Waals surface area contributed by atoms with Crippen LogP contribution in [0.4, 0.5) is 13.2 Å². The van der Waals surface area contributed by atoms with Crippen molar-refractivity contribution in [3.63, 3.8) is 0 Å². The van der Waals surface area contributed by atoms with Gasteiger partial charge in [-0.25, -0.2) is 0 Å². The Morgan fingerprint density at radius 1 is 1.50 bits per heavy atom. The van der Waals surface area contributed by atoms with Crippen LogP contribution in [-0.4, -0.2) is 12.7 Å². The number of hydrogen-bond acceptors (Lipinski definition) is 2. The summed E-state index contributed by atoms with van der Waals surface area (Å²) in [4.78, 5) is 1.06. The fraction of sp³-hybridized carbons (Fsp3) is 0.556. The van der Waals surface area contributed by atoms with Gasteiger partial charge < -0.3 is 5.32 Å². The van der Waals surface area contributed by atoms with Crippen molar-refractivity contribution in [1.29, 1.82) is 0 Å². The van der Waals surface area contributed by atoms with Gasteiger partial charge in [-0.15, -0.1) is 11.3 Å². The van der Waals surface area contributed by atoms with Crippen LogP contribution >= 0.6 is 11.3 Å². The Balaban J connectivity index is 2.26. The third-order valence-electron chi connectivity index (χ3n) is 1.83. The molecule has 0 spiro atoms. The predicted octanol–water partition coefficient (Wildman–Crippen LogP) is 3.35. The lowest BCUT2D eigenvalue weighted by Gasteiger charge is -2.12. The highest BCUT2D eigenvalue weighted by Gasteiger charge is 2.26. The van der Waals surface area contributed by atoms with E-state index >= 15 is 0 Å².